The molecule has 0 bridgehead atoms. The van der Waals surface area contributed by atoms with E-state index in [-0.39, 0.29) is 0 Å². The van der Waals surface area contributed by atoms with E-state index in [0.717, 1.165) is 39.0 Å². The molecule has 0 radical (unpaired) electrons. The second-order valence-corrected chi connectivity index (χ2v) is 6.86. The van der Waals surface area contributed by atoms with Crippen LogP contribution in [0.3, 0.4) is 0 Å². The fourth-order valence-corrected chi connectivity index (χ4v) is 3.61. The average Bonchev–Trinajstić information content (AvgIpc) is 3.17. The van der Waals surface area contributed by atoms with Crippen LogP contribution < -0.4 is 4.74 Å². The molecule has 0 atom stereocenters. The van der Waals surface area contributed by atoms with Gasteiger partial charge in [0.15, 0.2) is 0 Å². The molecule has 0 aliphatic heterocycles. The number of aromatic nitrogens is 2. The summed E-state index contributed by atoms with van der Waals surface area (Å²) in [5, 5.41) is 19.7. The molecule has 5 nitrogen and oxygen atoms in total. The first-order valence-corrected chi connectivity index (χ1v) is 9.22. The number of benzene rings is 2. The van der Waals surface area contributed by atoms with Crippen LogP contribution in [0.5, 0.6) is 5.75 Å². The molecule has 0 fully saturated rings. The van der Waals surface area contributed by atoms with E-state index >= 15 is 0 Å². The van der Waals surface area contributed by atoms with Gasteiger partial charge in [-0.1, -0.05) is 36.4 Å². The standard InChI is InChI=1S/C24H18N4O/c1-15-8-9-21(29-14-17-6-4-3-5-7-17)16(2)22(15)20-10-19(12-26)28-24-23(20)18(11-25)13-27-24/h3-10,13H,14H2,1-2H3,(H,27,28). The van der Waals surface area contributed by atoms with Crippen molar-refractivity contribution in [3.05, 3.63) is 82.7 Å². The van der Waals surface area contributed by atoms with E-state index in [1.807, 2.05) is 56.3 Å². The summed E-state index contributed by atoms with van der Waals surface area (Å²) in [6.45, 7) is 4.48. The van der Waals surface area contributed by atoms with E-state index in [0.29, 0.717) is 23.5 Å². The van der Waals surface area contributed by atoms with Crippen molar-refractivity contribution in [3.63, 3.8) is 0 Å². The molecule has 0 saturated heterocycles. The molecule has 4 rings (SSSR count). The lowest BCUT2D eigenvalue weighted by Gasteiger charge is -2.16. The van der Waals surface area contributed by atoms with Crippen molar-refractivity contribution in [3.8, 4) is 29.0 Å². The fraction of sp³-hybridized carbons (Fsp3) is 0.125. The molecular formula is C24H18N4O. The molecule has 140 valence electrons. The Hall–Kier alpha value is -4.09. The van der Waals surface area contributed by atoms with Crippen molar-refractivity contribution in [2.24, 2.45) is 0 Å². The minimum Gasteiger partial charge on any atom is -0.489 e. The monoisotopic (exact) mass is 378 g/mol. The molecule has 0 spiro atoms. The van der Waals surface area contributed by atoms with Crippen molar-refractivity contribution >= 4 is 11.0 Å². The van der Waals surface area contributed by atoms with Crippen LogP contribution >= 0.6 is 0 Å². The number of aromatic amines is 1. The van der Waals surface area contributed by atoms with Gasteiger partial charge in [0.05, 0.1) is 5.56 Å². The number of nitriles is 2. The zero-order valence-electron chi connectivity index (χ0n) is 16.2. The lowest BCUT2D eigenvalue weighted by atomic mass is 9.92. The van der Waals surface area contributed by atoms with E-state index in [9.17, 15) is 10.5 Å². The number of aryl methyl sites for hydroxylation is 1. The number of rotatable bonds is 4. The maximum Gasteiger partial charge on any atom is 0.143 e. The Balaban J connectivity index is 1.86. The molecule has 1 N–H and O–H groups in total. The van der Waals surface area contributed by atoms with Gasteiger partial charge in [0.1, 0.15) is 35.8 Å². The number of nitrogens with one attached hydrogen (secondary N) is 1. The van der Waals surface area contributed by atoms with Crippen molar-refractivity contribution in [2.45, 2.75) is 20.5 Å². The molecule has 0 aliphatic carbocycles. The van der Waals surface area contributed by atoms with Gasteiger partial charge in [-0.05, 0) is 53.8 Å². The summed E-state index contributed by atoms with van der Waals surface area (Å²) in [5.41, 5.74) is 6.18. The van der Waals surface area contributed by atoms with Crippen LogP contribution in [0.2, 0.25) is 0 Å². The maximum absolute atomic E-state index is 9.54. The topological polar surface area (TPSA) is 85.5 Å². The van der Waals surface area contributed by atoms with Gasteiger partial charge in [-0.25, -0.2) is 4.98 Å². The number of hydrogen-bond donors (Lipinski definition) is 1. The second kappa shape index (κ2) is 7.50. The second-order valence-electron chi connectivity index (χ2n) is 6.86. The highest BCUT2D eigenvalue weighted by Gasteiger charge is 2.18. The smallest absolute Gasteiger partial charge is 0.143 e. The normalized spacial score (nSPS) is 10.5. The molecule has 29 heavy (non-hydrogen) atoms. The number of fused-ring (bicyclic) bond motifs is 1. The molecular weight excluding hydrogens is 360 g/mol. The van der Waals surface area contributed by atoms with Gasteiger partial charge >= 0.3 is 0 Å². The first-order valence-electron chi connectivity index (χ1n) is 9.22. The number of ether oxygens (including phenoxy) is 1. The number of H-pyrrole nitrogens is 1. The largest absolute Gasteiger partial charge is 0.489 e. The highest BCUT2D eigenvalue weighted by atomic mass is 16.5. The quantitative estimate of drug-likeness (QED) is 0.531. The predicted molar refractivity (Wildman–Crippen MR) is 111 cm³/mol. The summed E-state index contributed by atoms with van der Waals surface area (Å²) >= 11 is 0. The molecule has 0 saturated carbocycles. The lowest BCUT2D eigenvalue weighted by molar-refractivity contribution is 0.304. The number of hydrogen-bond acceptors (Lipinski definition) is 4. The Kier molecular flexibility index (Phi) is 4.73. The van der Waals surface area contributed by atoms with Gasteiger partial charge in [0, 0.05) is 11.6 Å². The van der Waals surface area contributed by atoms with Gasteiger partial charge in [0.2, 0.25) is 0 Å². The SMILES string of the molecule is Cc1ccc(OCc2ccccc2)c(C)c1-c1cc(C#N)nc2[nH]cc(C#N)c12. The molecule has 0 aliphatic rings. The van der Waals surface area contributed by atoms with Crippen LogP contribution in [0.4, 0.5) is 0 Å². The molecule has 0 amide bonds. The van der Waals surface area contributed by atoms with E-state index in [1.165, 1.54) is 0 Å². The van der Waals surface area contributed by atoms with Gasteiger partial charge < -0.3 is 9.72 Å². The summed E-state index contributed by atoms with van der Waals surface area (Å²) in [6.07, 6.45) is 1.63. The van der Waals surface area contributed by atoms with Crippen molar-refractivity contribution in [2.75, 3.05) is 0 Å². The van der Waals surface area contributed by atoms with Gasteiger partial charge in [-0.3, -0.25) is 0 Å². The third-order valence-electron chi connectivity index (χ3n) is 5.01. The van der Waals surface area contributed by atoms with Gasteiger partial charge in [-0.15, -0.1) is 0 Å². The fourth-order valence-electron chi connectivity index (χ4n) is 3.61. The van der Waals surface area contributed by atoms with Crippen LogP contribution in [0.25, 0.3) is 22.2 Å². The van der Waals surface area contributed by atoms with Crippen LogP contribution in [0.1, 0.15) is 27.9 Å². The third-order valence-corrected chi connectivity index (χ3v) is 5.01. The zero-order chi connectivity index (χ0) is 20.4. The molecule has 4 aromatic rings. The van der Waals surface area contributed by atoms with Crippen LogP contribution in [0, 0.1) is 36.5 Å². The predicted octanol–water partition coefficient (Wildman–Crippen LogP) is 5.17. The molecule has 5 heteroatoms. The van der Waals surface area contributed by atoms with E-state index in [1.54, 1.807) is 12.3 Å². The van der Waals surface area contributed by atoms with Crippen molar-refractivity contribution in [1.82, 2.24) is 9.97 Å². The third kappa shape index (κ3) is 3.31. The van der Waals surface area contributed by atoms with Crippen molar-refractivity contribution in [1.29, 1.82) is 10.5 Å². The summed E-state index contributed by atoms with van der Waals surface area (Å²) in [4.78, 5) is 7.32. The Labute approximate surface area is 168 Å². The minimum atomic E-state index is 0.299. The Morgan fingerprint density at radius 2 is 1.83 bits per heavy atom. The molecule has 0 unspecified atom stereocenters. The van der Waals surface area contributed by atoms with Crippen LogP contribution in [-0.4, -0.2) is 9.97 Å². The molecule has 2 heterocycles. The summed E-state index contributed by atoms with van der Waals surface area (Å²) in [6, 6.07) is 20.0. The highest BCUT2D eigenvalue weighted by molar-refractivity contribution is 5.99. The molecule has 2 aromatic heterocycles. The first-order chi connectivity index (χ1) is 14.1. The van der Waals surface area contributed by atoms with Gasteiger partial charge in [0.25, 0.3) is 0 Å². The summed E-state index contributed by atoms with van der Waals surface area (Å²) < 4.78 is 6.09. The first kappa shape index (κ1) is 18.3. The highest BCUT2D eigenvalue weighted by Crippen LogP contribution is 2.38. The summed E-state index contributed by atoms with van der Waals surface area (Å²) in [5.74, 6) is 0.770. The molecule has 2 aromatic carbocycles. The van der Waals surface area contributed by atoms with Crippen molar-refractivity contribution < 1.29 is 4.74 Å². The number of pyridine rings is 1. The minimum absolute atomic E-state index is 0.299. The van der Waals surface area contributed by atoms with Crippen LogP contribution in [0.15, 0.2) is 54.7 Å². The average molecular weight is 378 g/mol. The van der Waals surface area contributed by atoms with Gasteiger partial charge in [-0.2, -0.15) is 10.5 Å². The number of nitrogens with zero attached hydrogens (tertiary/aromatic N) is 3. The summed E-state index contributed by atoms with van der Waals surface area (Å²) in [7, 11) is 0. The lowest BCUT2D eigenvalue weighted by Crippen LogP contribution is -2.00. The Bertz CT molecular complexity index is 1290. The van der Waals surface area contributed by atoms with E-state index < -0.39 is 0 Å². The Morgan fingerprint density at radius 1 is 1.03 bits per heavy atom. The Morgan fingerprint density at radius 3 is 2.55 bits per heavy atom. The maximum atomic E-state index is 9.54. The zero-order valence-corrected chi connectivity index (χ0v) is 16.2. The van der Waals surface area contributed by atoms with Crippen LogP contribution in [-0.2, 0) is 6.61 Å². The van der Waals surface area contributed by atoms with E-state index in [2.05, 4.69) is 22.1 Å². The van der Waals surface area contributed by atoms with E-state index in [4.69, 9.17) is 4.74 Å².